The number of nitrogens with zero attached hydrogens (tertiary/aromatic N) is 1. The maximum Gasteiger partial charge on any atom is 0.0711 e. The van der Waals surface area contributed by atoms with Crippen molar-refractivity contribution in [1.29, 1.82) is 0 Å². The molecule has 1 aliphatic rings. The van der Waals surface area contributed by atoms with E-state index in [1.165, 1.54) is 51.7 Å². The SMILES string of the molecule is C=C(C)C(CC)c1c(C2CC2)nc2ccccc2c1-c1ccc(C)cc1.CC. The lowest BCUT2D eigenvalue weighted by Gasteiger charge is -2.24. The summed E-state index contributed by atoms with van der Waals surface area (Å²) in [6.45, 7) is 14.9. The maximum atomic E-state index is 5.15. The second-order valence-electron chi connectivity index (χ2n) is 7.75. The van der Waals surface area contributed by atoms with Crippen LogP contribution in [0, 0.1) is 6.92 Å². The average Bonchev–Trinajstić information content (AvgIpc) is 3.55. The van der Waals surface area contributed by atoms with Crippen molar-refractivity contribution < 1.29 is 0 Å². The van der Waals surface area contributed by atoms with E-state index in [9.17, 15) is 0 Å². The molecule has 1 heterocycles. The quantitative estimate of drug-likeness (QED) is 0.412. The predicted octanol–water partition coefficient (Wildman–Crippen LogP) is 8.18. The highest BCUT2D eigenvalue weighted by molar-refractivity contribution is 5.97. The summed E-state index contributed by atoms with van der Waals surface area (Å²) in [5.74, 6) is 0.978. The highest BCUT2D eigenvalue weighted by Crippen LogP contribution is 2.48. The minimum Gasteiger partial charge on any atom is -0.252 e. The number of fused-ring (bicyclic) bond motifs is 1. The second-order valence-corrected chi connectivity index (χ2v) is 7.75. The summed E-state index contributed by atoms with van der Waals surface area (Å²) in [5, 5.41) is 1.26. The Labute approximate surface area is 170 Å². The number of hydrogen-bond acceptors (Lipinski definition) is 1. The van der Waals surface area contributed by atoms with Crippen LogP contribution in [0.2, 0.25) is 0 Å². The Morgan fingerprint density at radius 3 is 2.29 bits per heavy atom. The van der Waals surface area contributed by atoms with Crippen molar-refractivity contribution in [2.45, 2.75) is 65.7 Å². The van der Waals surface area contributed by atoms with Crippen molar-refractivity contribution >= 4 is 10.9 Å². The summed E-state index contributed by atoms with van der Waals surface area (Å²) in [6, 6.07) is 17.6. The monoisotopic (exact) mass is 371 g/mol. The zero-order chi connectivity index (χ0) is 20.3. The van der Waals surface area contributed by atoms with Gasteiger partial charge in [-0.15, -0.1) is 0 Å². The van der Waals surface area contributed by atoms with E-state index in [1.54, 1.807) is 0 Å². The summed E-state index contributed by atoms with van der Waals surface area (Å²) < 4.78 is 0. The zero-order valence-electron chi connectivity index (χ0n) is 18.0. The van der Waals surface area contributed by atoms with Crippen LogP contribution in [0.15, 0.2) is 60.7 Å². The van der Waals surface area contributed by atoms with E-state index in [2.05, 4.69) is 75.9 Å². The van der Waals surface area contributed by atoms with E-state index >= 15 is 0 Å². The van der Waals surface area contributed by atoms with Crippen LogP contribution in [0.5, 0.6) is 0 Å². The second kappa shape index (κ2) is 8.73. The third-order valence-electron chi connectivity index (χ3n) is 5.62. The number of hydrogen-bond donors (Lipinski definition) is 0. The van der Waals surface area contributed by atoms with Crippen molar-refractivity contribution in [3.05, 3.63) is 77.5 Å². The molecule has 3 aromatic rings. The van der Waals surface area contributed by atoms with Crippen molar-refractivity contribution in [2.75, 3.05) is 0 Å². The third-order valence-corrected chi connectivity index (χ3v) is 5.62. The molecule has 1 atom stereocenters. The van der Waals surface area contributed by atoms with Gasteiger partial charge in [0.2, 0.25) is 0 Å². The number of aryl methyl sites for hydroxylation is 1. The third kappa shape index (κ3) is 3.90. The Kier molecular flexibility index (Phi) is 6.34. The summed E-state index contributed by atoms with van der Waals surface area (Å²) in [6.07, 6.45) is 3.59. The zero-order valence-corrected chi connectivity index (χ0v) is 18.0. The van der Waals surface area contributed by atoms with Crippen LogP contribution < -0.4 is 0 Å². The van der Waals surface area contributed by atoms with Crippen molar-refractivity contribution in [3.8, 4) is 11.1 Å². The first-order chi connectivity index (χ1) is 13.6. The molecule has 0 radical (unpaired) electrons. The summed E-state index contributed by atoms with van der Waals surface area (Å²) in [4.78, 5) is 5.15. The molecule has 0 spiro atoms. The number of rotatable bonds is 5. The minimum atomic E-state index is 0.360. The molecule has 1 aromatic heterocycles. The minimum absolute atomic E-state index is 0.360. The van der Waals surface area contributed by atoms with Crippen LogP contribution in [0.3, 0.4) is 0 Å². The Bertz CT molecular complexity index is 961. The molecule has 146 valence electrons. The molecule has 1 unspecified atom stereocenters. The summed E-state index contributed by atoms with van der Waals surface area (Å²) >= 11 is 0. The van der Waals surface area contributed by atoms with Gasteiger partial charge in [-0.3, -0.25) is 4.98 Å². The van der Waals surface area contributed by atoms with Crippen LogP contribution in [-0.4, -0.2) is 4.98 Å². The lowest BCUT2D eigenvalue weighted by molar-refractivity contribution is 0.745. The van der Waals surface area contributed by atoms with Gasteiger partial charge >= 0.3 is 0 Å². The first-order valence-electron chi connectivity index (χ1n) is 10.7. The van der Waals surface area contributed by atoms with E-state index in [-0.39, 0.29) is 0 Å². The molecule has 1 saturated carbocycles. The van der Waals surface area contributed by atoms with Crippen molar-refractivity contribution in [2.24, 2.45) is 0 Å². The Hall–Kier alpha value is -2.41. The van der Waals surface area contributed by atoms with Gasteiger partial charge in [0.25, 0.3) is 0 Å². The normalized spacial score (nSPS) is 14.3. The van der Waals surface area contributed by atoms with Crippen LogP contribution in [0.1, 0.15) is 75.6 Å². The molecule has 28 heavy (non-hydrogen) atoms. The number of aromatic nitrogens is 1. The Morgan fingerprint density at radius 2 is 1.71 bits per heavy atom. The molecule has 1 heteroatoms. The molecule has 0 amide bonds. The molecule has 0 saturated heterocycles. The van der Waals surface area contributed by atoms with Gasteiger partial charge in [-0.05, 0) is 55.9 Å². The van der Waals surface area contributed by atoms with E-state index < -0.39 is 0 Å². The van der Waals surface area contributed by atoms with Gasteiger partial charge < -0.3 is 0 Å². The number of para-hydroxylation sites is 1. The van der Waals surface area contributed by atoms with Gasteiger partial charge in [0.05, 0.1) is 5.52 Å². The summed E-state index contributed by atoms with van der Waals surface area (Å²) in [7, 11) is 0. The highest BCUT2D eigenvalue weighted by atomic mass is 14.7. The number of allylic oxidation sites excluding steroid dienone is 1. The molecular formula is C27H33N. The average molecular weight is 372 g/mol. The molecule has 1 nitrogen and oxygen atoms in total. The Morgan fingerprint density at radius 1 is 1.07 bits per heavy atom. The van der Waals surface area contributed by atoms with Crippen LogP contribution >= 0.6 is 0 Å². The molecule has 4 rings (SSSR count). The Balaban J connectivity index is 0.00000109. The van der Waals surface area contributed by atoms with E-state index in [0.29, 0.717) is 11.8 Å². The fourth-order valence-corrected chi connectivity index (χ4v) is 4.10. The van der Waals surface area contributed by atoms with E-state index in [0.717, 1.165) is 11.9 Å². The lowest BCUT2D eigenvalue weighted by Crippen LogP contribution is -2.08. The van der Waals surface area contributed by atoms with Gasteiger partial charge in [-0.1, -0.05) is 81.0 Å². The molecule has 1 fully saturated rings. The van der Waals surface area contributed by atoms with Crippen LogP contribution in [-0.2, 0) is 0 Å². The number of benzene rings is 2. The molecule has 0 N–H and O–H groups in total. The first-order valence-corrected chi connectivity index (χ1v) is 10.7. The van der Waals surface area contributed by atoms with E-state index in [1.807, 2.05) is 13.8 Å². The first kappa shape index (κ1) is 20.3. The van der Waals surface area contributed by atoms with Gasteiger partial charge in [-0.25, -0.2) is 0 Å². The van der Waals surface area contributed by atoms with Gasteiger partial charge in [0.15, 0.2) is 0 Å². The number of pyridine rings is 1. The fourth-order valence-electron chi connectivity index (χ4n) is 4.10. The van der Waals surface area contributed by atoms with Gasteiger partial charge in [0, 0.05) is 22.9 Å². The molecular weight excluding hydrogens is 338 g/mol. The molecule has 2 aromatic carbocycles. The topological polar surface area (TPSA) is 12.9 Å². The van der Waals surface area contributed by atoms with Crippen molar-refractivity contribution in [1.82, 2.24) is 4.98 Å². The molecule has 0 aliphatic heterocycles. The van der Waals surface area contributed by atoms with Crippen molar-refractivity contribution in [3.63, 3.8) is 0 Å². The lowest BCUT2D eigenvalue weighted by atomic mass is 9.81. The fraction of sp³-hybridized carbons (Fsp3) is 0.370. The molecule has 0 bridgehead atoms. The van der Waals surface area contributed by atoms with Gasteiger partial charge in [0.1, 0.15) is 0 Å². The predicted molar refractivity (Wildman–Crippen MR) is 123 cm³/mol. The largest absolute Gasteiger partial charge is 0.252 e. The standard InChI is InChI=1S/C25H27N.C2H6/c1-5-20(16(2)3)24-23(18-12-10-17(4)11-13-18)21-8-6-7-9-22(21)26-25(24)19-14-15-19;1-2/h6-13,19-20H,2,5,14-15H2,1,3-4H3;1-2H3. The maximum absolute atomic E-state index is 5.15. The van der Waals surface area contributed by atoms with Crippen LogP contribution in [0.4, 0.5) is 0 Å². The van der Waals surface area contributed by atoms with Crippen LogP contribution in [0.25, 0.3) is 22.0 Å². The van der Waals surface area contributed by atoms with E-state index in [4.69, 9.17) is 4.98 Å². The highest BCUT2D eigenvalue weighted by Gasteiger charge is 2.32. The van der Waals surface area contributed by atoms with Gasteiger partial charge in [-0.2, -0.15) is 0 Å². The smallest absolute Gasteiger partial charge is 0.0711 e. The molecule has 1 aliphatic carbocycles. The summed E-state index contributed by atoms with van der Waals surface area (Å²) in [5.41, 5.74) is 9.05.